The molecular weight excluding hydrogens is 364 g/mol. The minimum Gasteiger partial charge on any atom is -0.375 e. The van der Waals surface area contributed by atoms with Gasteiger partial charge in [0, 0.05) is 30.3 Å². The van der Waals surface area contributed by atoms with Crippen LogP contribution in [0.25, 0.3) is 0 Å². The average Bonchev–Trinajstić information content (AvgIpc) is 2.52. The number of rotatable bonds is 7. The Balaban J connectivity index is 1.85. The molecule has 0 amide bonds. The summed E-state index contributed by atoms with van der Waals surface area (Å²) in [6, 6.07) is 16.8. The molecule has 0 radical (unpaired) electrons. The van der Waals surface area contributed by atoms with Crippen molar-refractivity contribution in [3.05, 3.63) is 59.1 Å². The lowest BCUT2D eigenvalue weighted by Crippen LogP contribution is -2.28. The summed E-state index contributed by atoms with van der Waals surface area (Å²) in [7, 11) is -1.47. The molecular formula is C16H19BrN2O2S. The normalized spacial score (nSPS) is 11.4. The quantitative estimate of drug-likeness (QED) is 0.747. The lowest BCUT2D eigenvalue weighted by atomic mass is 10.3. The molecule has 0 aliphatic carbocycles. The van der Waals surface area contributed by atoms with E-state index in [2.05, 4.69) is 25.6 Å². The van der Waals surface area contributed by atoms with Gasteiger partial charge in [0.15, 0.2) is 0 Å². The molecule has 0 aliphatic heterocycles. The molecule has 0 unspecified atom stereocenters. The summed E-state index contributed by atoms with van der Waals surface area (Å²) in [4.78, 5) is 2.37. The second-order valence-electron chi connectivity index (χ2n) is 4.94. The summed E-state index contributed by atoms with van der Waals surface area (Å²) >= 11 is 3.27. The second-order valence-corrected chi connectivity index (χ2v) is 7.53. The molecule has 0 saturated carbocycles. The highest BCUT2D eigenvalue weighted by Gasteiger charge is 2.16. The Hall–Kier alpha value is -1.37. The zero-order valence-corrected chi connectivity index (χ0v) is 14.8. The van der Waals surface area contributed by atoms with Gasteiger partial charge >= 0.3 is 0 Å². The van der Waals surface area contributed by atoms with Crippen LogP contribution in [0, 0.1) is 0 Å². The Labute approximate surface area is 140 Å². The highest BCUT2D eigenvalue weighted by Crippen LogP contribution is 2.20. The van der Waals surface area contributed by atoms with Crippen LogP contribution in [0.1, 0.15) is 6.42 Å². The first-order valence-electron chi connectivity index (χ1n) is 7.01. The maximum absolute atomic E-state index is 12.2. The SMILES string of the molecule is CN(CCCNS(=O)(=O)c1ccccc1Br)c1ccccc1. The van der Waals surface area contributed by atoms with Crippen molar-refractivity contribution in [3.8, 4) is 0 Å². The Morgan fingerprint density at radius 1 is 1.05 bits per heavy atom. The predicted octanol–water partition coefficient (Wildman–Crippen LogP) is 3.25. The maximum Gasteiger partial charge on any atom is 0.241 e. The molecule has 6 heteroatoms. The number of hydrogen-bond acceptors (Lipinski definition) is 3. The van der Waals surface area contributed by atoms with Gasteiger partial charge in [-0.25, -0.2) is 13.1 Å². The minimum atomic E-state index is -3.47. The number of nitrogens with zero attached hydrogens (tertiary/aromatic N) is 1. The molecule has 2 aromatic rings. The molecule has 0 saturated heterocycles. The summed E-state index contributed by atoms with van der Waals surface area (Å²) < 4.78 is 27.6. The van der Waals surface area contributed by atoms with Gasteiger partial charge in [-0.05, 0) is 46.6 Å². The van der Waals surface area contributed by atoms with Gasteiger partial charge in [0.2, 0.25) is 10.0 Å². The molecule has 0 atom stereocenters. The summed E-state index contributed by atoms with van der Waals surface area (Å²) in [6.45, 7) is 1.18. The smallest absolute Gasteiger partial charge is 0.241 e. The van der Waals surface area contributed by atoms with Crippen LogP contribution in [-0.4, -0.2) is 28.6 Å². The van der Waals surface area contributed by atoms with Crippen LogP contribution in [0.15, 0.2) is 64.0 Å². The summed E-state index contributed by atoms with van der Waals surface area (Å²) in [5.41, 5.74) is 1.12. The van der Waals surface area contributed by atoms with Crippen LogP contribution < -0.4 is 9.62 Å². The van der Waals surface area contributed by atoms with Crippen molar-refractivity contribution < 1.29 is 8.42 Å². The van der Waals surface area contributed by atoms with Gasteiger partial charge in [-0.2, -0.15) is 0 Å². The van der Waals surface area contributed by atoms with Crippen LogP contribution in [0.3, 0.4) is 0 Å². The Morgan fingerprint density at radius 2 is 1.68 bits per heavy atom. The van der Waals surface area contributed by atoms with Gasteiger partial charge in [-0.15, -0.1) is 0 Å². The van der Waals surface area contributed by atoms with E-state index in [-0.39, 0.29) is 4.90 Å². The third-order valence-corrected chi connectivity index (χ3v) is 5.76. The summed E-state index contributed by atoms with van der Waals surface area (Å²) in [6.07, 6.45) is 0.731. The minimum absolute atomic E-state index is 0.270. The molecule has 0 aliphatic rings. The first-order chi connectivity index (χ1) is 10.5. The third kappa shape index (κ3) is 4.56. The largest absolute Gasteiger partial charge is 0.375 e. The van der Waals surface area contributed by atoms with Gasteiger partial charge in [-0.3, -0.25) is 0 Å². The van der Waals surface area contributed by atoms with E-state index in [0.717, 1.165) is 18.7 Å². The van der Waals surface area contributed by atoms with Crippen molar-refractivity contribution in [2.45, 2.75) is 11.3 Å². The van der Waals surface area contributed by atoms with Crippen LogP contribution in [0.5, 0.6) is 0 Å². The van der Waals surface area contributed by atoms with E-state index in [1.807, 2.05) is 37.4 Å². The van der Waals surface area contributed by atoms with E-state index in [1.54, 1.807) is 24.3 Å². The van der Waals surface area contributed by atoms with Crippen molar-refractivity contribution in [2.75, 3.05) is 25.0 Å². The topological polar surface area (TPSA) is 49.4 Å². The molecule has 0 heterocycles. The highest BCUT2D eigenvalue weighted by atomic mass is 79.9. The van der Waals surface area contributed by atoms with E-state index < -0.39 is 10.0 Å². The van der Waals surface area contributed by atoms with Crippen LogP contribution in [0.4, 0.5) is 5.69 Å². The number of anilines is 1. The number of benzene rings is 2. The molecule has 1 N–H and O–H groups in total. The fourth-order valence-electron chi connectivity index (χ4n) is 2.07. The highest BCUT2D eigenvalue weighted by molar-refractivity contribution is 9.10. The Kier molecular flexibility index (Phi) is 5.99. The molecule has 22 heavy (non-hydrogen) atoms. The third-order valence-electron chi connectivity index (χ3n) is 3.29. The maximum atomic E-state index is 12.2. The van der Waals surface area contributed by atoms with Gasteiger partial charge in [0.05, 0.1) is 4.90 Å². The summed E-state index contributed by atoms with van der Waals surface area (Å²) in [5.74, 6) is 0. The number of para-hydroxylation sites is 1. The van der Waals surface area contributed by atoms with E-state index in [1.165, 1.54) is 0 Å². The number of halogens is 1. The van der Waals surface area contributed by atoms with Gasteiger partial charge in [0.1, 0.15) is 0 Å². The zero-order valence-electron chi connectivity index (χ0n) is 12.4. The standard InChI is InChI=1S/C16H19BrN2O2S/c1-19(14-8-3-2-4-9-14)13-7-12-18-22(20,21)16-11-6-5-10-15(16)17/h2-6,8-11,18H,7,12-13H2,1H3. The molecule has 0 spiro atoms. The number of sulfonamides is 1. The molecule has 0 aromatic heterocycles. The van der Waals surface area contributed by atoms with E-state index in [9.17, 15) is 8.42 Å². The molecule has 2 rings (SSSR count). The molecule has 4 nitrogen and oxygen atoms in total. The molecule has 0 fully saturated rings. The van der Waals surface area contributed by atoms with Gasteiger partial charge in [-0.1, -0.05) is 30.3 Å². The molecule has 118 valence electrons. The Morgan fingerprint density at radius 3 is 2.36 bits per heavy atom. The van der Waals surface area contributed by atoms with E-state index >= 15 is 0 Å². The number of hydrogen-bond donors (Lipinski definition) is 1. The monoisotopic (exact) mass is 382 g/mol. The first-order valence-corrected chi connectivity index (χ1v) is 9.29. The van der Waals surface area contributed by atoms with Gasteiger partial charge < -0.3 is 4.90 Å². The average molecular weight is 383 g/mol. The number of nitrogens with one attached hydrogen (secondary N) is 1. The van der Waals surface area contributed by atoms with Crippen molar-refractivity contribution >= 4 is 31.6 Å². The second kappa shape index (κ2) is 7.76. The van der Waals surface area contributed by atoms with Crippen LogP contribution >= 0.6 is 15.9 Å². The predicted molar refractivity (Wildman–Crippen MR) is 93.7 cm³/mol. The summed E-state index contributed by atoms with van der Waals surface area (Å²) in [5, 5.41) is 0. The fourth-order valence-corrected chi connectivity index (χ4v) is 4.15. The molecule has 0 bridgehead atoms. The van der Waals surface area contributed by atoms with Crippen molar-refractivity contribution in [3.63, 3.8) is 0 Å². The van der Waals surface area contributed by atoms with Crippen LogP contribution in [0.2, 0.25) is 0 Å². The van der Waals surface area contributed by atoms with Gasteiger partial charge in [0.25, 0.3) is 0 Å². The molecule has 2 aromatic carbocycles. The van der Waals surface area contributed by atoms with Crippen LogP contribution in [-0.2, 0) is 10.0 Å². The Bertz CT molecular complexity index is 705. The van der Waals surface area contributed by atoms with Crippen molar-refractivity contribution in [2.24, 2.45) is 0 Å². The fraction of sp³-hybridized carbons (Fsp3) is 0.250. The lowest BCUT2D eigenvalue weighted by molar-refractivity contribution is 0.578. The van der Waals surface area contributed by atoms with Crippen molar-refractivity contribution in [1.82, 2.24) is 4.72 Å². The van der Waals surface area contributed by atoms with E-state index in [4.69, 9.17) is 0 Å². The van der Waals surface area contributed by atoms with E-state index in [0.29, 0.717) is 11.0 Å². The van der Waals surface area contributed by atoms with Crippen molar-refractivity contribution in [1.29, 1.82) is 0 Å². The lowest BCUT2D eigenvalue weighted by Gasteiger charge is -2.19. The first kappa shape index (κ1) is 17.0. The zero-order chi connectivity index (χ0) is 16.0.